The molecule has 0 atom stereocenters. The summed E-state index contributed by atoms with van der Waals surface area (Å²) in [5.41, 5.74) is 5.66. The molecule has 0 spiro atoms. The van der Waals surface area contributed by atoms with E-state index in [0.717, 1.165) is 22.2 Å². The molecule has 166 valence electrons. The number of fused-ring (bicyclic) bond motifs is 2. The van der Waals surface area contributed by atoms with Gasteiger partial charge in [0.15, 0.2) is 9.84 Å². The van der Waals surface area contributed by atoms with Gasteiger partial charge < -0.3 is 9.88 Å². The third-order valence-corrected chi connectivity index (χ3v) is 6.78. The van der Waals surface area contributed by atoms with Gasteiger partial charge in [0.05, 0.1) is 27.8 Å². The van der Waals surface area contributed by atoms with Gasteiger partial charge in [0.25, 0.3) is 0 Å². The van der Waals surface area contributed by atoms with Crippen molar-refractivity contribution in [3.05, 3.63) is 73.4 Å². The molecule has 0 aliphatic carbocycles. The Morgan fingerprint density at radius 2 is 1.79 bits per heavy atom. The Bertz CT molecular complexity index is 1610. The number of hydrogen-bond acceptors (Lipinski definition) is 6. The molecule has 0 amide bonds. The average Bonchev–Trinajstić information content (AvgIpc) is 3.22. The van der Waals surface area contributed by atoms with Crippen LogP contribution in [0, 0.1) is 0 Å². The summed E-state index contributed by atoms with van der Waals surface area (Å²) in [6.45, 7) is 4.32. The van der Waals surface area contributed by atoms with E-state index in [0.29, 0.717) is 22.9 Å². The van der Waals surface area contributed by atoms with Gasteiger partial charge in [0, 0.05) is 53.9 Å². The van der Waals surface area contributed by atoms with Crippen molar-refractivity contribution in [2.24, 2.45) is 0 Å². The van der Waals surface area contributed by atoms with Crippen LogP contribution in [0.2, 0.25) is 0 Å². The van der Waals surface area contributed by atoms with Crippen LogP contribution in [0.25, 0.3) is 33.1 Å². The molecule has 5 aromatic rings. The number of pyridine rings is 1. The summed E-state index contributed by atoms with van der Waals surface area (Å²) in [6.07, 6.45) is 9.59. The van der Waals surface area contributed by atoms with Crippen molar-refractivity contribution < 1.29 is 8.42 Å². The van der Waals surface area contributed by atoms with E-state index in [-0.39, 0.29) is 4.90 Å². The van der Waals surface area contributed by atoms with Crippen LogP contribution < -0.4 is 5.32 Å². The molecule has 0 unspecified atom stereocenters. The number of nitrogens with zero attached hydrogens (tertiary/aromatic N) is 4. The van der Waals surface area contributed by atoms with Crippen LogP contribution in [0.15, 0.2) is 78.3 Å². The fraction of sp³-hybridized carbons (Fsp3) is 0.160. The van der Waals surface area contributed by atoms with Gasteiger partial charge >= 0.3 is 0 Å². The first kappa shape index (κ1) is 21.1. The van der Waals surface area contributed by atoms with Crippen molar-refractivity contribution in [3.8, 4) is 11.1 Å². The zero-order valence-electron chi connectivity index (χ0n) is 18.5. The van der Waals surface area contributed by atoms with Gasteiger partial charge in [-0.15, -0.1) is 0 Å². The SMILES string of the molecule is CC(C)n1ccc2ccc(-c3cc(Nc4cnccc4S(C)(=O)=O)cc4nccnc34)cc21. The molecule has 0 aliphatic heterocycles. The summed E-state index contributed by atoms with van der Waals surface area (Å²) in [6, 6.07) is 14.1. The molecule has 0 fully saturated rings. The molecular weight excluding hydrogens is 434 g/mol. The highest BCUT2D eigenvalue weighted by Gasteiger charge is 2.16. The molecule has 0 saturated heterocycles. The Kier molecular flexibility index (Phi) is 5.09. The smallest absolute Gasteiger partial charge is 0.177 e. The zero-order valence-corrected chi connectivity index (χ0v) is 19.3. The Hall–Kier alpha value is -3.78. The Labute approximate surface area is 192 Å². The highest BCUT2D eigenvalue weighted by molar-refractivity contribution is 7.90. The molecule has 0 radical (unpaired) electrons. The van der Waals surface area contributed by atoms with Crippen LogP contribution in [0.5, 0.6) is 0 Å². The van der Waals surface area contributed by atoms with Gasteiger partial charge in [-0.3, -0.25) is 15.0 Å². The molecule has 8 heteroatoms. The van der Waals surface area contributed by atoms with Crippen molar-refractivity contribution in [2.75, 3.05) is 11.6 Å². The molecule has 0 saturated carbocycles. The maximum absolute atomic E-state index is 12.2. The van der Waals surface area contributed by atoms with Crippen LogP contribution in [-0.2, 0) is 9.84 Å². The summed E-state index contributed by atoms with van der Waals surface area (Å²) in [7, 11) is -3.42. The summed E-state index contributed by atoms with van der Waals surface area (Å²) < 4.78 is 26.7. The minimum atomic E-state index is -3.42. The molecule has 33 heavy (non-hydrogen) atoms. The molecular formula is C25H23N5O2S. The monoisotopic (exact) mass is 457 g/mol. The van der Waals surface area contributed by atoms with E-state index < -0.39 is 9.84 Å². The summed E-state index contributed by atoms with van der Waals surface area (Å²) >= 11 is 0. The largest absolute Gasteiger partial charge is 0.353 e. The number of aromatic nitrogens is 4. The maximum Gasteiger partial charge on any atom is 0.177 e. The van der Waals surface area contributed by atoms with E-state index >= 15 is 0 Å². The summed E-state index contributed by atoms with van der Waals surface area (Å²) in [5, 5.41) is 4.40. The van der Waals surface area contributed by atoms with Crippen molar-refractivity contribution in [3.63, 3.8) is 0 Å². The lowest BCUT2D eigenvalue weighted by Crippen LogP contribution is -2.03. The van der Waals surface area contributed by atoms with E-state index in [4.69, 9.17) is 0 Å². The Morgan fingerprint density at radius 3 is 2.58 bits per heavy atom. The van der Waals surface area contributed by atoms with Gasteiger partial charge in [0.1, 0.15) is 0 Å². The average molecular weight is 458 g/mol. The highest BCUT2D eigenvalue weighted by atomic mass is 32.2. The number of hydrogen-bond donors (Lipinski definition) is 1. The van der Waals surface area contributed by atoms with Crippen molar-refractivity contribution in [1.29, 1.82) is 0 Å². The normalized spacial score (nSPS) is 12.0. The van der Waals surface area contributed by atoms with Crippen LogP contribution in [0.3, 0.4) is 0 Å². The molecule has 1 N–H and O–H groups in total. The van der Waals surface area contributed by atoms with Crippen LogP contribution in [0.4, 0.5) is 11.4 Å². The van der Waals surface area contributed by atoms with Gasteiger partial charge in [0.2, 0.25) is 0 Å². The summed E-state index contributed by atoms with van der Waals surface area (Å²) in [5.74, 6) is 0. The van der Waals surface area contributed by atoms with E-state index in [1.54, 1.807) is 12.4 Å². The fourth-order valence-electron chi connectivity index (χ4n) is 4.09. The minimum absolute atomic E-state index is 0.189. The molecule has 5 rings (SSSR count). The van der Waals surface area contributed by atoms with Crippen LogP contribution in [-0.4, -0.2) is 34.2 Å². The molecule has 3 aromatic heterocycles. The molecule has 0 aliphatic rings. The van der Waals surface area contributed by atoms with Gasteiger partial charge in [-0.1, -0.05) is 12.1 Å². The molecule has 7 nitrogen and oxygen atoms in total. The van der Waals surface area contributed by atoms with E-state index in [1.807, 2.05) is 12.1 Å². The highest BCUT2D eigenvalue weighted by Crippen LogP contribution is 2.34. The van der Waals surface area contributed by atoms with Crippen LogP contribution in [0.1, 0.15) is 19.9 Å². The zero-order chi connectivity index (χ0) is 23.2. The lowest BCUT2D eigenvalue weighted by atomic mass is 10.0. The third kappa shape index (κ3) is 3.93. The van der Waals surface area contributed by atoms with Crippen molar-refractivity contribution in [1.82, 2.24) is 19.5 Å². The Morgan fingerprint density at radius 1 is 0.970 bits per heavy atom. The second-order valence-electron chi connectivity index (χ2n) is 8.31. The fourth-order valence-corrected chi connectivity index (χ4v) is 4.90. The van der Waals surface area contributed by atoms with Crippen molar-refractivity contribution in [2.45, 2.75) is 24.8 Å². The maximum atomic E-state index is 12.2. The molecule has 3 heterocycles. The lowest BCUT2D eigenvalue weighted by Gasteiger charge is -2.14. The number of anilines is 2. The first-order valence-corrected chi connectivity index (χ1v) is 12.5. The number of rotatable bonds is 5. The Balaban J connectivity index is 1.69. The predicted molar refractivity (Wildman–Crippen MR) is 131 cm³/mol. The summed E-state index contributed by atoms with van der Waals surface area (Å²) in [4.78, 5) is 13.4. The quantitative estimate of drug-likeness (QED) is 0.381. The van der Waals surface area contributed by atoms with Gasteiger partial charge in [-0.25, -0.2) is 8.42 Å². The standard InChI is InChI=1S/C25H23N5O2S/c1-16(2)30-11-7-17-4-5-18(12-23(17)30)20-13-19(14-21-25(20)28-10-9-27-21)29-22-15-26-8-6-24(22)33(3,31)32/h4-16,29H,1-3H3. The predicted octanol–water partition coefficient (Wildman–Crippen LogP) is 5.37. The van der Waals surface area contributed by atoms with Gasteiger partial charge in [-0.2, -0.15) is 0 Å². The second kappa shape index (κ2) is 7.97. The van der Waals surface area contributed by atoms with Gasteiger partial charge in [-0.05, 0) is 55.1 Å². The van der Waals surface area contributed by atoms with E-state index in [1.165, 1.54) is 30.1 Å². The van der Waals surface area contributed by atoms with Crippen molar-refractivity contribution >= 4 is 43.1 Å². The minimum Gasteiger partial charge on any atom is -0.353 e. The number of nitrogens with one attached hydrogen (secondary N) is 1. The molecule has 0 bridgehead atoms. The van der Waals surface area contributed by atoms with E-state index in [2.05, 4.69) is 69.1 Å². The van der Waals surface area contributed by atoms with Crippen LogP contribution >= 0.6 is 0 Å². The first-order chi connectivity index (χ1) is 15.8. The number of sulfone groups is 1. The second-order valence-corrected chi connectivity index (χ2v) is 10.3. The van der Waals surface area contributed by atoms with E-state index in [9.17, 15) is 8.42 Å². The third-order valence-electron chi connectivity index (χ3n) is 5.62. The lowest BCUT2D eigenvalue weighted by molar-refractivity contribution is 0.602. The molecule has 2 aromatic carbocycles. The number of benzene rings is 2. The first-order valence-electron chi connectivity index (χ1n) is 10.6. The topological polar surface area (TPSA) is 89.8 Å².